The summed E-state index contributed by atoms with van der Waals surface area (Å²) in [5.74, 6) is -0.238. The number of ether oxygens (including phenoxy) is 2. The number of rotatable bonds is 9. The lowest BCUT2D eigenvalue weighted by molar-refractivity contribution is -0.140. The van der Waals surface area contributed by atoms with Crippen molar-refractivity contribution in [3.8, 4) is 11.5 Å². The molecule has 1 atom stereocenters. The molecule has 1 aromatic carbocycles. The molecule has 200 valence electrons. The third-order valence-corrected chi connectivity index (χ3v) is 7.45. The van der Waals surface area contributed by atoms with Gasteiger partial charge in [0.2, 0.25) is 0 Å². The van der Waals surface area contributed by atoms with Crippen LogP contribution in [0.25, 0.3) is 5.76 Å². The van der Waals surface area contributed by atoms with Gasteiger partial charge in [-0.25, -0.2) is 0 Å². The second-order valence-electron chi connectivity index (χ2n) is 9.84. The van der Waals surface area contributed by atoms with E-state index >= 15 is 0 Å². The Morgan fingerprint density at radius 1 is 0.973 bits per heavy atom. The number of carbonyl (C=O) groups excluding carboxylic acids is 2. The number of aromatic nitrogens is 1. The Balaban J connectivity index is 1.82. The number of carbonyl (C=O) groups is 2. The van der Waals surface area contributed by atoms with Crippen LogP contribution >= 0.6 is 0 Å². The van der Waals surface area contributed by atoms with Gasteiger partial charge in [-0.2, -0.15) is 0 Å². The van der Waals surface area contributed by atoms with E-state index in [9.17, 15) is 14.7 Å². The van der Waals surface area contributed by atoms with Gasteiger partial charge in [-0.15, -0.1) is 0 Å². The minimum atomic E-state index is -0.728. The molecule has 4 rings (SSSR count). The number of benzene rings is 1. The van der Waals surface area contributed by atoms with E-state index < -0.39 is 17.7 Å². The van der Waals surface area contributed by atoms with Crippen molar-refractivity contribution in [2.24, 2.45) is 0 Å². The molecule has 0 radical (unpaired) electrons. The second-order valence-corrected chi connectivity index (χ2v) is 9.84. The van der Waals surface area contributed by atoms with Crippen molar-refractivity contribution in [1.82, 2.24) is 14.8 Å². The summed E-state index contributed by atoms with van der Waals surface area (Å²) in [4.78, 5) is 34.1. The first-order valence-electron chi connectivity index (χ1n) is 13.3. The van der Waals surface area contributed by atoms with Gasteiger partial charge >= 0.3 is 0 Å². The molecule has 1 unspecified atom stereocenters. The first-order chi connectivity index (χ1) is 17.8. The van der Waals surface area contributed by atoms with Gasteiger partial charge in [-0.3, -0.25) is 9.59 Å². The lowest BCUT2D eigenvalue weighted by Gasteiger charge is -2.31. The summed E-state index contributed by atoms with van der Waals surface area (Å²) in [6, 6.07) is 4.77. The molecule has 2 aliphatic heterocycles. The largest absolute Gasteiger partial charge is 0.507 e. The Labute approximate surface area is 219 Å². The Kier molecular flexibility index (Phi) is 8.27. The zero-order chi connectivity index (χ0) is 26.7. The summed E-state index contributed by atoms with van der Waals surface area (Å²) in [6.07, 6.45) is 3.51. The number of H-pyrrole nitrogens is 1. The molecule has 2 aliphatic rings. The predicted molar refractivity (Wildman–Crippen MR) is 143 cm³/mol. The summed E-state index contributed by atoms with van der Waals surface area (Å²) in [6.45, 7) is 13.5. The minimum absolute atomic E-state index is 0.112. The number of piperidine rings is 1. The van der Waals surface area contributed by atoms with Crippen molar-refractivity contribution in [1.29, 1.82) is 0 Å². The molecule has 8 nitrogen and oxygen atoms in total. The fraction of sp³-hybridized carbons (Fsp3) is 0.517. The number of nitrogens with one attached hydrogen (secondary N) is 1. The molecule has 1 aromatic heterocycles. The average molecular weight is 510 g/mol. The van der Waals surface area contributed by atoms with E-state index in [1.54, 1.807) is 4.90 Å². The van der Waals surface area contributed by atoms with Crippen LogP contribution in [0.2, 0.25) is 0 Å². The van der Waals surface area contributed by atoms with Crippen LogP contribution in [0.1, 0.15) is 67.2 Å². The van der Waals surface area contributed by atoms with Gasteiger partial charge in [-0.05, 0) is 83.8 Å². The topological polar surface area (TPSA) is 95.1 Å². The third kappa shape index (κ3) is 5.25. The van der Waals surface area contributed by atoms with Crippen molar-refractivity contribution in [2.45, 2.75) is 59.9 Å². The molecule has 37 heavy (non-hydrogen) atoms. The molecule has 0 spiro atoms. The lowest BCUT2D eigenvalue weighted by Crippen LogP contribution is -2.40. The highest BCUT2D eigenvalue weighted by Gasteiger charge is 2.46. The Bertz CT molecular complexity index is 1190. The van der Waals surface area contributed by atoms with E-state index in [0.29, 0.717) is 48.9 Å². The normalized spacial score (nSPS) is 20.0. The van der Waals surface area contributed by atoms with Gasteiger partial charge in [0.25, 0.3) is 11.7 Å². The Hall–Kier alpha value is -3.26. The first kappa shape index (κ1) is 26.8. The molecule has 0 bridgehead atoms. The molecule has 2 N–H and O–H groups in total. The molecule has 3 heterocycles. The molecule has 8 heteroatoms. The predicted octanol–water partition coefficient (Wildman–Crippen LogP) is 4.64. The zero-order valence-electron chi connectivity index (χ0n) is 22.6. The number of Topliss-reactive ketones (excluding diaryl/α,β-unsaturated/α-hetero) is 1. The second kappa shape index (κ2) is 11.4. The molecule has 2 aromatic rings. The van der Waals surface area contributed by atoms with E-state index in [4.69, 9.17) is 9.47 Å². The zero-order valence-corrected chi connectivity index (χ0v) is 22.6. The van der Waals surface area contributed by atoms with Gasteiger partial charge < -0.3 is 29.4 Å². The van der Waals surface area contributed by atoms with Crippen LogP contribution in [0.15, 0.2) is 23.8 Å². The minimum Gasteiger partial charge on any atom is -0.507 e. The molecular weight excluding hydrogens is 470 g/mol. The van der Waals surface area contributed by atoms with Crippen molar-refractivity contribution in [2.75, 3.05) is 39.4 Å². The standard InChI is InChI=1S/C29H39N3O5/c1-6-36-22-12-11-21(17-23(22)37-7-2)26-25(27(33)24-18(3)19(4)30-20(24)5)28(34)29(35)32(26)16-15-31-13-9-8-10-14-31/h11-12,17,26,30,33H,6-10,13-16H2,1-5H3/b27-25+. The first-order valence-corrected chi connectivity index (χ1v) is 13.3. The third-order valence-electron chi connectivity index (χ3n) is 7.45. The van der Waals surface area contributed by atoms with Crippen molar-refractivity contribution in [3.63, 3.8) is 0 Å². The van der Waals surface area contributed by atoms with E-state index in [0.717, 1.165) is 42.9 Å². The highest BCUT2D eigenvalue weighted by Crippen LogP contribution is 2.43. The summed E-state index contributed by atoms with van der Waals surface area (Å²) in [7, 11) is 0. The number of aromatic amines is 1. The van der Waals surface area contributed by atoms with Gasteiger partial charge in [0.15, 0.2) is 11.5 Å². The van der Waals surface area contributed by atoms with E-state index in [1.165, 1.54) is 6.42 Å². The maximum absolute atomic E-state index is 13.5. The molecular formula is C29H39N3O5. The lowest BCUT2D eigenvalue weighted by atomic mass is 9.94. The maximum Gasteiger partial charge on any atom is 0.295 e. The molecule has 2 saturated heterocycles. The van der Waals surface area contributed by atoms with Crippen molar-refractivity contribution < 1.29 is 24.2 Å². The number of aliphatic hydroxyl groups excluding tert-OH is 1. The highest BCUT2D eigenvalue weighted by molar-refractivity contribution is 6.46. The number of likely N-dealkylation sites (tertiary alicyclic amines) is 2. The SMILES string of the molecule is CCOc1ccc(C2/C(=C(\O)c3c(C)[nH]c(C)c3C)C(=O)C(=O)N2CCN2CCCCC2)cc1OCC. The Morgan fingerprint density at radius 3 is 2.27 bits per heavy atom. The summed E-state index contributed by atoms with van der Waals surface area (Å²) < 4.78 is 11.6. The number of ketones is 1. The van der Waals surface area contributed by atoms with Gasteiger partial charge in [0.05, 0.1) is 24.8 Å². The number of aryl methyl sites for hydroxylation is 2. The number of aliphatic hydroxyl groups is 1. The number of amides is 1. The van der Waals surface area contributed by atoms with Gasteiger partial charge in [-0.1, -0.05) is 12.5 Å². The van der Waals surface area contributed by atoms with Crippen LogP contribution < -0.4 is 9.47 Å². The van der Waals surface area contributed by atoms with E-state index in [1.807, 2.05) is 52.8 Å². The quantitative estimate of drug-likeness (QED) is 0.290. The number of hydrogen-bond acceptors (Lipinski definition) is 6. The molecule has 1 amide bonds. The van der Waals surface area contributed by atoms with E-state index in [-0.39, 0.29) is 11.3 Å². The highest BCUT2D eigenvalue weighted by atomic mass is 16.5. The molecule has 0 saturated carbocycles. The van der Waals surface area contributed by atoms with Crippen molar-refractivity contribution in [3.05, 3.63) is 51.9 Å². The van der Waals surface area contributed by atoms with Crippen LogP contribution in [0.3, 0.4) is 0 Å². The number of hydrogen-bond donors (Lipinski definition) is 2. The molecule has 2 fully saturated rings. The summed E-state index contributed by atoms with van der Waals surface area (Å²) >= 11 is 0. The van der Waals surface area contributed by atoms with Crippen LogP contribution in [0.5, 0.6) is 11.5 Å². The van der Waals surface area contributed by atoms with Crippen LogP contribution in [0, 0.1) is 20.8 Å². The number of nitrogens with zero attached hydrogens (tertiary/aromatic N) is 2. The smallest absolute Gasteiger partial charge is 0.295 e. The average Bonchev–Trinajstić information content (AvgIpc) is 3.29. The fourth-order valence-electron chi connectivity index (χ4n) is 5.52. The van der Waals surface area contributed by atoms with Gasteiger partial charge in [0, 0.05) is 30.0 Å². The van der Waals surface area contributed by atoms with Crippen LogP contribution in [-0.4, -0.2) is 71.0 Å². The Morgan fingerprint density at radius 2 is 1.65 bits per heavy atom. The summed E-state index contributed by atoms with van der Waals surface area (Å²) in [5, 5.41) is 11.6. The van der Waals surface area contributed by atoms with Crippen LogP contribution in [-0.2, 0) is 9.59 Å². The van der Waals surface area contributed by atoms with Gasteiger partial charge in [0.1, 0.15) is 5.76 Å². The van der Waals surface area contributed by atoms with E-state index in [2.05, 4.69) is 9.88 Å². The monoisotopic (exact) mass is 509 g/mol. The van der Waals surface area contributed by atoms with Crippen molar-refractivity contribution >= 4 is 17.4 Å². The summed E-state index contributed by atoms with van der Waals surface area (Å²) in [5.41, 5.74) is 3.92. The molecule has 0 aliphatic carbocycles. The maximum atomic E-state index is 13.5. The van der Waals surface area contributed by atoms with Crippen LogP contribution in [0.4, 0.5) is 0 Å². The fourth-order valence-corrected chi connectivity index (χ4v) is 5.52.